The molecule has 46 heavy (non-hydrogen) atoms. The molecule has 1 aliphatic rings. The highest BCUT2D eigenvalue weighted by Gasteiger charge is 2.36. The van der Waals surface area contributed by atoms with Gasteiger partial charge in [-0.1, -0.05) is 72.0 Å². The number of halogens is 1. The van der Waals surface area contributed by atoms with E-state index in [4.69, 9.17) is 14.5 Å². The van der Waals surface area contributed by atoms with Crippen LogP contribution in [0.2, 0.25) is 0 Å². The Morgan fingerprint density at radius 1 is 1.00 bits per heavy atom. The molecular formula is C37H30FN3O4S. The highest BCUT2D eigenvalue weighted by molar-refractivity contribution is 7.07. The van der Waals surface area contributed by atoms with Gasteiger partial charge in [-0.05, 0) is 60.5 Å². The fourth-order valence-electron chi connectivity index (χ4n) is 6.25. The number of esters is 1. The molecule has 7 nitrogen and oxygen atoms in total. The van der Waals surface area contributed by atoms with E-state index in [0.717, 1.165) is 32.8 Å². The minimum absolute atomic E-state index is 0.182. The van der Waals surface area contributed by atoms with Crippen molar-refractivity contribution in [3.63, 3.8) is 0 Å². The van der Waals surface area contributed by atoms with Gasteiger partial charge in [-0.2, -0.15) is 0 Å². The third-order valence-corrected chi connectivity index (χ3v) is 9.30. The van der Waals surface area contributed by atoms with Crippen LogP contribution in [0.1, 0.15) is 36.6 Å². The molecule has 4 aromatic carbocycles. The van der Waals surface area contributed by atoms with E-state index in [-0.39, 0.29) is 18.0 Å². The lowest BCUT2D eigenvalue weighted by Gasteiger charge is -2.27. The van der Waals surface area contributed by atoms with Gasteiger partial charge in [0.1, 0.15) is 17.6 Å². The number of allylic oxidation sites excluding steroid dienone is 1. The third kappa shape index (κ3) is 5.02. The number of para-hydroxylation sites is 1. The van der Waals surface area contributed by atoms with E-state index in [1.807, 2.05) is 72.9 Å². The molecule has 0 fully saturated rings. The Kier molecular flexibility index (Phi) is 7.62. The topological polar surface area (TPSA) is 74.8 Å². The Hall–Kier alpha value is -5.28. The number of ether oxygens (including phenoxy) is 2. The van der Waals surface area contributed by atoms with E-state index < -0.39 is 12.0 Å². The molecule has 0 radical (unpaired) electrons. The molecule has 6 aromatic rings. The minimum Gasteiger partial charge on any atom is -0.496 e. The van der Waals surface area contributed by atoms with Crippen molar-refractivity contribution in [2.45, 2.75) is 26.4 Å². The fourth-order valence-corrected chi connectivity index (χ4v) is 7.29. The van der Waals surface area contributed by atoms with Crippen molar-refractivity contribution in [1.82, 2.24) is 9.13 Å². The van der Waals surface area contributed by atoms with E-state index in [2.05, 4.69) is 4.57 Å². The average Bonchev–Trinajstić information content (AvgIpc) is 3.56. The number of thiazole rings is 1. The summed E-state index contributed by atoms with van der Waals surface area (Å²) < 4.78 is 29.1. The molecule has 2 aromatic heterocycles. The predicted molar refractivity (Wildman–Crippen MR) is 178 cm³/mol. The second-order valence-corrected chi connectivity index (χ2v) is 12.1. The maximum atomic E-state index is 14.5. The van der Waals surface area contributed by atoms with Gasteiger partial charge in [0.25, 0.3) is 5.56 Å². The summed E-state index contributed by atoms with van der Waals surface area (Å²) in [5.74, 6) is -0.251. The summed E-state index contributed by atoms with van der Waals surface area (Å²) in [7, 11) is 1.58. The van der Waals surface area contributed by atoms with Crippen molar-refractivity contribution in [2.24, 2.45) is 4.99 Å². The van der Waals surface area contributed by atoms with Crippen molar-refractivity contribution >= 4 is 45.1 Å². The SMILES string of the molecule is CCOC(=O)C1=C(C)N=c2s/c(=C/c3cn(Cc4ccc(F)cc4)c4ccccc34)c(=O)n2[C@H]1c1c(OC)ccc2ccccc12. The number of carbonyl (C=O) groups is 1. The van der Waals surface area contributed by atoms with E-state index in [1.165, 1.54) is 23.5 Å². The van der Waals surface area contributed by atoms with E-state index in [0.29, 0.717) is 38.5 Å². The van der Waals surface area contributed by atoms with Crippen molar-refractivity contribution in [2.75, 3.05) is 13.7 Å². The van der Waals surface area contributed by atoms with Crippen LogP contribution in [-0.4, -0.2) is 28.8 Å². The Balaban J connectivity index is 1.45. The Labute approximate surface area is 267 Å². The Bertz CT molecular complexity index is 2370. The van der Waals surface area contributed by atoms with Gasteiger partial charge in [0, 0.05) is 34.8 Å². The molecule has 0 N–H and O–H groups in total. The first-order valence-corrected chi connectivity index (χ1v) is 15.8. The summed E-state index contributed by atoms with van der Waals surface area (Å²) in [6, 6.07) is 25.3. The van der Waals surface area contributed by atoms with Crippen molar-refractivity contribution < 1.29 is 18.7 Å². The Morgan fingerprint density at radius 3 is 2.50 bits per heavy atom. The number of hydrogen-bond donors (Lipinski definition) is 0. The molecule has 1 atom stereocenters. The van der Waals surface area contributed by atoms with Crippen LogP contribution in [0.15, 0.2) is 112 Å². The van der Waals surface area contributed by atoms with Gasteiger partial charge < -0.3 is 14.0 Å². The summed E-state index contributed by atoms with van der Waals surface area (Å²) in [4.78, 5) is 33.2. The highest BCUT2D eigenvalue weighted by atomic mass is 32.1. The summed E-state index contributed by atoms with van der Waals surface area (Å²) >= 11 is 1.28. The second kappa shape index (κ2) is 11.9. The van der Waals surface area contributed by atoms with Crippen molar-refractivity contribution in [3.05, 3.63) is 145 Å². The lowest BCUT2D eigenvalue weighted by molar-refractivity contribution is -0.139. The molecule has 0 amide bonds. The second-order valence-electron chi connectivity index (χ2n) is 11.1. The number of benzene rings is 4. The number of hydrogen-bond acceptors (Lipinski definition) is 6. The van der Waals surface area contributed by atoms with Crippen LogP contribution in [0.5, 0.6) is 5.75 Å². The first-order chi connectivity index (χ1) is 22.4. The lowest BCUT2D eigenvalue weighted by atomic mass is 9.90. The molecule has 3 heterocycles. The van der Waals surface area contributed by atoms with E-state index in [1.54, 1.807) is 37.7 Å². The molecule has 230 valence electrons. The molecule has 0 spiro atoms. The van der Waals surface area contributed by atoms with Crippen molar-refractivity contribution in [3.8, 4) is 5.75 Å². The Morgan fingerprint density at radius 2 is 1.74 bits per heavy atom. The molecule has 0 unspecified atom stereocenters. The smallest absolute Gasteiger partial charge is 0.338 e. The first-order valence-electron chi connectivity index (χ1n) is 15.0. The van der Waals surface area contributed by atoms with Crippen LogP contribution in [0.4, 0.5) is 4.39 Å². The summed E-state index contributed by atoms with van der Waals surface area (Å²) in [6.07, 6.45) is 3.89. The third-order valence-electron chi connectivity index (χ3n) is 8.31. The maximum Gasteiger partial charge on any atom is 0.338 e. The molecular weight excluding hydrogens is 601 g/mol. The van der Waals surface area contributed by atoms with Crippen LogP contribution in [0, 0.1) is 5.82 Å². The number of fused-ring (bicyclic) bond motifs is 3. The van der Waals surface area contributed by atoms with Gasteiger partial charge in [-0.25, -0.2) is 14.2 Å². The average molecular weight is 632 g/mol. The fraction of sp³-hybridized carbons (Fsp3) is 0.162. The van der Waals surface area contributed by atoms with Gasteiger partial charge in [-0.3, -0.25) is 9.36 Å². The normalized spacial score (nSPS) is 14.9. The van der Waals surface area contributed by atoms with E-state index in [9.17, 15) is 14.0 Å². The van der Waals surface area contributed by atoms with Gasteiger partial charge in [-0.15, -0.1) is 0 Å². The van der Waals surface area contributed by atoms with Crippen molar-refractivity contribution in [1.29, 1.82) is 0 Å². The highest BCUT2D eigenvalue weighted by Crippen LogP contribution is 2.40. The lowest BCUT2D eigenvalue weighted by Crippen LogP contribution is -2.40. The number of carbonyl (C=O) groups excluding carboxylic acids is 1. The van der Waals surface area contributed by atoms with Gasteiger partial charge in [0.05, 0.1) is 29.5 Å². The molecule has 9 heteroatoms. The summed E-state index contributed by atoms with van der Waals surface area (Å²) in [5.41, 5.74) is 4.02. The molecule has 0 saturated heterocycles. The number of nitrogens with zero attached hydrogens (tertiary/aromatic N) is 3. The maximum absolute atomic E-state index is 14.5. The van der Waals surface area contributed by atoms with Gasteiger partial charge >= 0.3 is 5.97 Å². The molecule has 0 saturated carbocycles. The van der Waals surface area contributed by atoms with Gasteiger partial charge in [0.2, 0.25) is 0 Å². The molecule has 0 aliphatic carbocycles. The van der Waals surface area contributed by atoms with Crippen LogP contribution in [-0.2, 0) is 16.1 Å². The molecule has 0 bridgehead atoms. The standard InChI is InChI=1S/C37H30FN3O4S/c1-4-45-36(43)32-22(2)39-37-41(34(32)33-28-11-6-5-9-24(28)15-18-30(33)44-3)35(42)31(46-37)19-25-21-40(29-12-8-7-10-27(25)29)20-23-13-16-26(38)17-14-23/h5-19,21,34H,4,20H2,1-3H3/b31-19+/t34-/m1/s1. The predicted octanol–water partition coefficient (Wildman–Crippen LogP) is 6.10. The van der Waals surface area contributed by atoms with Crippen LogP contribution >= 0.6 is 11.3 Å². The van der Waals surface area contributed by atoms with Crippen LogP contribution in [0.25, 0.3) is 27.8 Å². The summed E-state index contributed by atoms with van der Waals surface area (Å²) in [6.45, 7) is 4.25. The number of aromatic nitrogens is 2. The minimum atomic E-state index is -0.821. The van der Waals surface area contributed by atoms with Crippen LogP contribution < -0.4 is 19.6 Å². The monoisotopic (exact) mass is 631 g/mol. The zero-order valence-corrected chi connectivity index (χ0v) is 26.3. The largest absolute Gasteiger partial charge is 0.496 e. The van der Waals surface area contributed by atoms with E-state index >= 15 is 0 Å². The quantitative estimate of drug-likeness (QED) is 0.200. The van der Waals surface area contributed by atoms with Crippen LogP contribution in [0.3, 0.4) is 0 Å². The zero-order valence-electron chi connectivity index (χ0n) is 25.5. The zero-order chi connectivity index (χ0) is 31.9. The summed E-state index contributed by atoms with van der Waals surface area (Å²) in [5, 5.41) is 2.79. The molecule has 1 aliphatic heterocycles. The number of methoxy groups -OCH3 is 1. The number of rotatable bonds is 7. The first kappa shape index (κ1) is 29.4. The molecule has 7 rings (SSSR count). The van der Waals surface area contributed by atoms with Gasteiger partial charge in [0.15, 0.2) is 4.80 Å².